The number of amides is 3. The van der Waals surface area contributed by atoms with Gasteiger partial charge in [0.05, 0.1) is 0 Å². The number of benzene rings is 2. The van der Waals surface area contributed by atoms with Crippen LogP contribution in [-0.2, 0) is 16.1 Å². The summed E-state index contributed by atoms with van der Waals surface area (Å²) in [6.45, 7) is 4.55. The van der Waals surface area contributed by atoms with E-state index in [1.807, 2.05) is 24.3 Å². The highest BCUT2D eigenvalue weighted by Crippen LogP contribution is 2.33. The second-order valence-electron chi connectivity index (χ2n) is 9.23. The summed E-state index contributed by atoms with van der Waals surface area (Å²) in [6, 6.07) is 15.9. The molecule has 7 nitrogen and oxygen atoms in total. The second kappa shape index (κ2) is 9.35. The van der Waals surface area contributed by atoms with Gasteiger partial charge < -0.3 is 15.1 Å². The van der Waals surface area contributed by atoms with Crippen LogP contribution < -0.4 is 10.6 Å². The molecular formula is C26H30N4O3. The lowest BCUT2D eigenvalue weighted by atomic mass is 9.88. The summed E-state index contributed by atoms with van der Waals surface area (Å²) in [5.41, 5.74) is 4.13. The zero-order valence-electron chi connectivity index (χ0n) is 18.8. The SMILES string of the molecule is O=C1CCC(N2Cc3cc(C4CCN(CCNc5ccccc5)CC4)ccc3C2=O)C(=O)N1. The summed E-state index contributed by atoms with van der Waals surface area (Å²) in [4.78, 5) is 40.7. The highest BCUT2D eigenvalue weighted by molar-refractivity contribution is 6.05. The van der Waals surface area contributed by atoms with Crippen LogP contribution in [0.5, 0.6) is 0 Å². The molecule has 0 bridgehead atoms. The molecule has 7 heteroatoms. The van der Waals surface area contributed by atoms with E-state index in [-0.39, 0.29) is 24.1 Å². The van der Waals surface area contributed by atoms with E-state index in [1.54, 1.807) is 4.90 Å². The van der Waals surface area contributed by atoms with Crippen molar-refractivity contribution in [3.63, 3.8) is 0 Å². The number of piperidine rings is 2. The highest BCUT2D eigenvalue weighted by atomic mass is 16.2. The van der Waals surface area contributed by atoms with Crippen molar-refractivity contribution < 1.29 is 14.4 Å². The van der Waals surface area contributed by atoms with Crippen molar-refractivity contribution in [3.8, 4) is 0 Å². The van der Waals surface area contributed by atoms with Crippen LogP contribution in [0, 0.1) is 0 Å². The molecule has 2 aromatic carbocycles. The minimum atomic E-state index is -0.557. The zero-order valence-corrected chi connectivity index (χ0v) is 18.8. The maximum atomic E-state index is 12.9. The van der Waals surface area contributed by atoms with Gasteiger partial charge in [0, 0.05) is 37.3 Å². The molecule has 0 saturated carbocycles. The number of nitrogens with zero attached hydrogens (tertiary/aromatic N) is 2. The van der Waals surface area contributed by atoms with E-state index in [0.29, 0.717) is 24.4 Å². The van der Waals surface area contributed by atoms with E-state index < -0.39 is 6.04 Å². The average molecular weight is 447 g/mol. The summed E-state index contributed by atoms with van der Waals surface area (Å²) in [7, 11) is 0. The van der Waals surface area contributed by atoms with Gasteiger partial charge in [-0.3, -0.25) is 19.7 Å². The van der Waals surface area contributed by atoms with E-state index in [0.717, 1.165) is 50.3 Å². The third-order valence-corrected chi connectivity index (χ3v) is 7.14. The van der Waals surface area contributed by atoms with Crippen LogP contribution in [0.15, 0.2) is 48.5 Å². The third kappa shape index (κ3) is 4.64. The van der Waals surface area contributed by atoms with Crippen LogP contribution in [0.3, 0.4) is 0 Å². The molecule has 172 valence electrons. The number of rotatable bonds is 6. The molecule has 0 aromatic heterocycles. The number of hydrogen-bond donors (Lipinski definition) is 2. The Morgan fingerprint density at radius 3 is 2.52 bits per heavy atom. The molecule has 1 atom stereocenters. The standard InChI is InChI=1S/C26H30N4O3/c31-24-9-8-23(25(32)28-24)30-17-20-16-19(6-7-22(20)26(30)33)18-10-13-29(14-11-18)15-12-27-21-4-2-1-3-5-21/h1-7,16,18,23,27H,8-15,17H2,(H,28,31,32). The van der Waals surface area contributed by atoms with E-state index in [1.165, 1.54) is 5.56 Å². The Bertz CT molecular complexity index is 1050. The molecular weight excluding hydrogens is 416 g/mol. The minimum Gasteiger partial charge on any atom is -0.384 e. The summed E-state index contributed by atoms with van der Waals surface area (Å²) in [5, 5.41) is 5.84. The van der Waals surface area contributed by atoms with Gasteiger partial charge in [0.2, 0.25) is 11.8 Å². The average Bonchev–Trinajstić information content (AvgIpc) is 3.16. The number of nitrogens with one attached hydrogen (secondary N) is 2. The topological polar surface area (TPSA) is 81.8 Å². The Morgan fingerprint density at radius 1 is 0.970 bits per heavy atom. The van der Waals surface area contributed by atoms with Crippen LogP contribution in [0.25, 0.3) is 0 Å². The zero-order chi connectivity index (χ0) is 22.8. The first kappa shape index (κ1) is 21.6. The van der Waals surface area contributed by atoms with Crippen molar-refractivity contribution in [1.29, 1.82) is 0 Å². The Hall–Kier alpha value is -3.19. The van der Waals surface area contributed by atoms with Crippen molar-refractivity contribution >= 4 is 23.4 Å². The van der Waals surface area contributed by atoms with Crippen molar-refractivity contribution in [2.24, 2.45) is 0 Å². The van der Waals surface area contributed by atoms with Gasteiger partial charge in [0.15, 0.2) is 0 Å². The molecule has 33 heavy (non-hydrogen) atoms. The number of likely N-dealkylation sites (tertiary alicyclic amines) is 1. The lowest BCUT2D eigenvalue weighted by molar-refractivity contribution is -0.136. The van der Waals surface area contributed by atoms with Gasteiger partial charge in [-0.05, 0) is 67.6 Å². The Labute approximate surface area is 194 Å². The van der Waals surface area contributed by atoms with Crippen molar-refractivity contribution in [1.82, 2.24) is 15.1 Å². The van der Waals surface area contributed by atoms with Crippen LogP contribution in [-0.4, -0.2) is 59.7 Å². The number of para-hydroxylation sites is 1. The summed E-state index contributed by atoms with van der Waals surface area (Å²) in [6.07, 6.45) is 2.89. The maximum absolute atomic E-state index is 12.9. The number of anilines is 1. The fraction of sp³-hybridized carbons (Fsp3) is 0.423. The third-order valence-electron chi connectivity index (χ3n) is 7.14. The molecule has 2 saturated heterocycles. The summed E-state index contributed by atoms with van der Waals surface area (Å²) >= 11 is 0. The smallest absolute Gasteiger partial charge is 0.255 e. The molecule has 0 aliphatic carbocycles. The monoisotopic (exact) mass is 446 g/mol. The van der Waals surface area contributed by atoms with Gasteiger partial charge >= 0.3 is 0 Å². The maximum Gasteiger partial charge on any atom is 0.255 e. The lowest BCUT2D eigenvalue weighted by Crippen LogP contribution is -2.52. The second-order valence-corrected chi connectivity index (χ2v) is 9.23. The lowest BCUT2D eigenvalue weighted by Gasteiger charge is -2.32. The number of carbonyl (C=O) groups is 3. The van der Waals surface area contributed by atoms with Gasteiger partial charge in [-0.15, -0.1) is 0 Å². The van der Waals surface area contributed by atoms with E-state index in [2.05, 4.69) is 39.8 Å². The Balaban J connectivity index is 1.15. The van der Waals surface area contributed by atoms with Gasteiger partial charge in [0.25, 0.3) is 5.91 Å². The first-order valence-electron chi connectivity index (χ1n) is 11.9. The van der Waals surface area contributed by atoms with Crippen molar-refractivity contribution in [2.45, 2.75) is 44.2 Å². The highest BCUT2D eigenvalue weighted by Gasteiger charge is 2.39. The van der Waals surface area contributed by atoms with E-state index >= 15 is 0 Å². The molecule has 3 amide bonds. The van der Waals surface area contributed by atoms with Gasteiger partial charge in [0.1, 0.15) is 6.04 Å². The molecule has 2 fully saturated rings. The fourth-order valence-electron chi connectivity index (χ4n) is 5.25. The van der Waals surface area contributed by atoms with Crippen LogP contribution >= 0.6 is 0 Å². The predicted octanol–water partition coefficient (Wildman–Crippen LogP) is 2.74. The first-order valence-corrected chi connectivity index (χ1v) is 11.9. The number of carbonyl (C=O) groups excluding carboxylic acids is 3. The molecule has 2 N–H and O–H groups in total. The van der Waals surface area contributed by atoms with Gasteiger partial charge in [-0.25, -0.2) is 0 Å². The number of imide groups is 1. The predicted molar refractivity (Wildman–Crippen MR) is 126 cm³/mol. The van der Waals surface area contributed by atoms with Gasteiger partial charge in [-0.1, -0.05) is 30.3 Å². The molecule has 5 rings (SSSR count). The molecule has 1 unspecified atom stereocenters. The van der Waals surface area contributed by atoms with E-state index in [4.69, 9.17) is 0 Å². The molecule has 3 heterocycles. The molecule has 3 aliphatic rings. The van der Waals surface area contributed by atoms with Crippen LogP contribution in [0.1, 0.15) is 53.1 Å². The molecule has 0 spiro atoms. The number of hydrogen-bond acceptors (Lipinski definition) is 5. The Kier molecular flexibility index (Phi) is 6.13. The molecule has 3 aliphatic heterocycles. The normalized spacial score (nSPS) is 21.8. The Morgan fingerprint density at radius 2 is 1.76 bits per heavy atom. The summed E-state index contributed by atoms with van der Waals surface area (Å²) < 4.78 is 0. The first-order chi connectivity index (χ1) is 16.1. The van der Waals surface area contributed by atoms with Crippen molar-refractivity contribution in [3.05, 3.63) is 65.2 Å². The van der Waals surface area contributed by atoms with Crippen LogP contribution in [0.2, 0.25) is 0 Å². The van der Waals surface area contributed by atoms with Gasteiger partial charge in [-0.2, -0.15) is 0 Å². The number of fused-ring (bicyclic) bond motifs is 1. The summed E-state index contributed by atoms with van der Waals surface area (Å²) in [5.74, 6) is -0.230. The quantitative estimate of drug-likeness (QED) is 0.667. The van der Waals surface area contributed by atoms with Crippen LogP contribution in [0.4, 0.5) is 5.69 Å². The van der Waals surface area contributed by atoms with Crippen molar-refractivity contribution in [2.75, 3.05) is 31.5 Å². The largest absolute Gasteiger partial charge is 0.384 e. The molecule has 2 aromatic rings. The van der Waals surface area contributed by atoms with E-state index in [9.17, 15) is 14.4 Å². The fourth-order valence-corrected chi connectivity index (χ4v) is 5.25. The minimum absolute atomic E-state index is 0.105. The molecule has 0 radical (unpaired) electrons.